The van der Waals surface area contributed by atoms with E-state index in [1.165, 1.54) is 18.4 Å². The summed E-state index contributed by atoms with van der Waals surface area (Å²) < 4.78 is 7.18. The lowest BCUT2D eigenvalue weighted by Gasteiger charge is -2.60. The molecule has 1 aromatic carbocycles. The van der Waals surface area contributed by atoms with Crippen molar-refractivity contribution in [1.29, 1.82) is 0 Å². The van der Waals surface area contributed by atoms with Crippen molar-refractivity contribution in [3.05, 3.63) is 46.0 Å². The van der Waals surface area contributed by atoms with Crippen molar-refractivity contribution in [1.82, 2.24) is 0 Å². The maximum Gasteiger partial charge on any atom is 0.169 e. The van der Waals surface area contributed by atoms with Crippen LogP contribution in [-0.2, 0) is 16.1 Å². The minimum absolute atomic E-state index is 0.130. The van der Waals surface area contributed by atoms with Crippen LogP contribution in [0.3, 0.4) is 0 Å². The minimum Gasteiger partial charge on any atom is -0.365 e. The Morgan fingerprint density at radius 1 is 1.06 bits per heavy atom. The van der Waals surface area contributed by atoms with Gasteiger partial charge in [0.2, 0.25) is 0 Å². The van der Waals surface area contributed by atoms with Crippen LogP contribution >= 0.6 is 15.9 Å². The second kappa shape index (κ2) is 8.03. The molecule has 0 heterocycles. The monoisotopic (exact) mass is 514 g/mol. The van der Waals surface area contributed by atoms with E-state index in [2.05, 4.69) is 42.8 Å². The summed E-state index contributed by atoms with van der Waals surface area (Å²) in [7, 11) is 0. The number of hydrogen-bond acceptors (Lipinski definition) is 3. The quantitative estimate of drug-likeness (QED) is 0.340. The molecule has 3 saturated carbocycles. The molecule has 7 atom stereocenters. The van der Waals surface area contributed by atoms with Crippen LogP contribution in [0.25, 0.3) is 0 Å². The predicted molar refractivity (Wildman–Crippen MR) is 134 cm³/mol. The van der Waals surface area contributed by atoms with Gasteiger partial charge in [0.15, 0.2) is 5.79 Å². The molecule has 0 aliphatic heterocycles. The fraction of sp³-hybridized carbons (Fsp3) is 0.690. The van der Waals surface area contributed by atoms with E-state index < -0.39 is 5.79 Å². The molecular weight excluding hydrogens is 476 g/mol. The van der Waals surface area contributed by atoms with Crippen molar-refractivity contribution >= 4 is 21.7 Å². The summed E-state index contributed by atoms with van der Waals surface area (Å²) in [6.45, 7) is 9.36. The van der Waals surface area contributed by atoms with Crippen LogP contribution in [0.5, 0.6) is 0 Å². The largest absolute Gasteiger partial charge is 0.365 e. The first-order valence-corrected chi connectivity index (χ1v) is 13.6. The normalized spacial score (nSPS) is 44.4. The van der Waals surface area contributed by atoms with E-state index in [1.54, 1.807) is 0 Å². The maximum absolute atomic E-state index is 12.7. The highest BCUT2D eigenvalue weighted by atomic mass is 79.9. The van der Waals surface area contributed by atoms with Crippen LogP contribution in [0.1, 0.15) is 84.6 Å². The number of ether oxygens (including phenoxy) is 1. The molecular formula is C29H39BrO3. The van der Waals surface area contributed by atoms with E-state index in [-0.39, 0.29) is 16.2 Å². The van der Waals surface area contributed by atoms with Gasteiger partial charge in [-0.1, -0.05) is 60.5 Å². The second-order valence-electron chi connectivity index (χ2n) is 12.2. The third-order valence-corrected chi connectivity index (χ3v) is 11.5. The molecule has 0 spiro atoms. The Labute approximate surface area is 207 Å². The van der Waals surface area contributed by atoms with Gasteiger partial charge in [-0.2, -0.15) is 0 Å². The molecule has 0 radical (unpaired) electrons. The van der Waals surface area contributed by atoms with Gasteiger partial charge in [-0.05, 0) is 91.7 Å². The maximum atomic E-state index is 12.7. The summed E-state index contributed by atoms with van der Waals surface area (Å²) in [5, 5.41) is 11.3. The van der Waals surface area contributed by atoms with Crippen LogP contribution in [0, 0.1) is 34.0 Å². The number of fused-ring (bicyclic) bond motifs is 5. The molecule has 7 unspecified atom stereocenters. The van der Waals surface area contributed by atoms with Crippen molar-refractivity contribution in [3.8, 4) is 0 Å². The average molecular weight is 516 g/mol. The first-order chi connectivity index (χ1) is 15.5. The molecule has 4 aliphatic carbocycles. The number of carbonyl (C=O) groups is 1. The lowest BCUT2D eigenvalue weighted by Crippen LogP contribution is -2.54. The van der Waals surface area contributed by atoms with Crippen molar-refractivity contribution in [2.45, 2.75) is 91.5 Å². The number of hydrogen-bond donors (Lipinski definition) is 1. The van der Waals surface area contributed by atoms with Gasteiger partial charge in [0.25, 0.3) is 0 Å². The number of allylic oxidation sites excluding steroid dienone is 1. The first kappa shape index (κ1) is 23.8. The summed E-state index contributed by atoms with van der Waals surface area (Å²) in [5.74, 6) is 1.26. The molecule has 1 aromatic rings. The number of Topliss-reactive ketones (excluding diaryl/α,β-unsaturated/α-hetero) is 1. The summed E-state index contributed by atoms with van der Waals surface area (Å²) in [4.78, 5) is 12.7. The lowest BCUT2D eigenvalue weighted by molar-refractivity contribution is -0.231. The Balaban J connectivity index is 1.34. The number of ketones is 1. The molecule has 180 valence electrons. The number of benzene rings is 1. The number of halogens is 1. The Kier molecular flexibility index (Phi) is 5.78. The zero-order valence-corrected chi connectivity index (χ0v) is 22.2. The molecule has 3 fully saturated rings. The zero-order valence-electron chi connectivity index (χ0n) is 20.6. The smallest absolute Gasteiger partial charge is 0.169 e. The fourth-order valence-corrected chi connectivity index (χ4v) is 8.65. The second-order valence-corrected chi connectivity index (χ2v) is 13.1. The topological polar surface area (TPSA) is 46.5 Å². The van der Waals surface area contributed by atoms with Crippen LogP contribution < -0.4 is 0 Å². The summed E-state index contributed by atoms with van der Waals surface area (Å²) in [5.41, 5.74) is 2.60. The van der Waals surface area contributed by atoms with Gasteiger partial charge in [0, 0.05) is 22.7 Å². The minimum atomic E-state index is -1.07. The summed E-state index contributed by atoms with van der Waals surface area (Å²) >= 11 is 3.47. The van der Waals surface area contributed by atoms with Crippen molar-refractivity contribution < 1.29 is 14.6 Å². The van der Waals surface area contributed by atoms with E-state index in [9.17, 15) is 9.90 Å². The molecule has 0 aromatic heterocycles. The predicted octanol–water partition coefficient (Wildman–Crippen LogP) is 7.21. The van der Waals surface area contributed by atoms with E-state index >= 15 is 0 Å². The third kappa shape index (κ3) is 3.62. The standard InChI is InChI=1S/C29H39BrO3/c1-19(31)27(3)13-12-25-23-10-7-21-17-29(32,33-18-20-5-8-22(30)9-6-20)16-15-26(21,2)24(23)11-14-28(25,27)4/h5-9,23-25,32H,10-18H2,1-4H3. The summed E-state index contributed by atoms with van der Waals surface area (Å²) in [6, 6.07) is 8.11. The number of rotatable bonds is 4. The van der Waals surface area contributed by atoms with E-state index in [1.807, 2.05) is 31.2 Å². The molecule has 0 bridgehead atoms. The van der Waals surface area contributed by atoms with Crippen molar-refractivity contribution in [2.75, 3.05) is 0 Å². The summed E-state index contributed by atoms with van der Waals surface area (Å²) in [6.07, 6.45) is 10.4. The van der Waals surface area contributed by atoms with Gasteiger partial charge in [0.05, 0.1) is 6.61 Å². The molecule has 33 heavy (non-hydrogen) atoms. The first-order valence-electron chi connectivity index (χ1n) is 12.8. The van der Waals surface area contributed by atoms with Gasteiger partial charge in [-0.25, -0.2) is 0 Å². The highest BCUT2D eigenvalue weighted by Gasteiger charge is 2.64. The van der Waals surface area contributed by atoms with Crippen LogP contribution in [0.2, 0.25) is 0 Å². The average Bonchev–Trinajstić information content (AvgIpc) is 3.06. The molecule has 3 nitrogen and oxygen atoms in total. The van der Waals surface area contributed by atoms with E-state index in [4.69, 9.17) is 4.74 Å². The number of aliphatic hydroxyl groups is 1. The van der Waals surface area contributed by atoms with Gasteiger partial charge >= 0.3 is 0 Å². The lowest BCUT2D eigenvalue weighted by atomic mass is 9.45. The van der Waals surface area contributed by atoms with Gasteiger partial charge in [-0.3, -0.25) is 4.79 Å². The van der Waals surface area contributed by atoms with E-state index in [0.29, 0.717) is 43.0 Å². The highest BCUT2D eigenvalue weighted by Crippen LogP contribution is 2.70. The fourth-order valence-electron chi connectivity index (χ4n) is 8.39. The Morgan fingerprint density at radius 2 is 1.76 bits per heavy atom. The SMILES string of the molecule is CC(=O)C1(C)CCC2C3CC=C4CC(O)(OCc5ccc(Br)cc5)CCC4(C)C3CCC21C. The van der Waals surface area contributed by atoms with Crippen LogP contribution in [-0.4, -0.2) is 16.7 Å². The van der Waals surface area contributed by atoms with Crippen LogP contribution in [0.15, 0.2) is 40.4 Å². The van der Waals surface area contributed by atoms with Gasteiger partial charge in [0.1, 0.15) is 5.78 Å². The molecule has 4 aliphatic rings. The van der Waals surface area contributed by atoms with Crippen molar-refractivity contribution in [3.63, 3.8) is 0 Å². The third-order valence-electron chi connectivity index (χ3n) is 10.9. The van der Waals surface area contributed by atoms with Gasteiger partial charge < -0.3 is 9.84 Å². The Bertz CT molecular complexity index is 970. The molecule has 0 saturated heterocycles. The molecule has 4 heteroatoms. The van der Waals surface area contributed by atoms with E-state index in [0.717, 1.165) is 35.7 Å². The molecule has 1 N–H and O–H groups in total. The Morgan fingerprint density at radius 3 is 2.45 bits per heavy atom. The molecule has 5 rings (SSSR count). The van der Waals surface area contributed by atoms with Crippen LogP contribution in [0.4, 0.5) is 0 Å². The number of carbonyl (C=O) groups excluding carboxylic acids is 1. The zero-order chi connectivity index (χ0) is 23.6. The van der Waals surface area contributed by atoms with Gasteiger partial charge in [-0.15, -0.1) is 0 Å². The molecule has 0 amide bonds. The van der Waals surface area contributed by atoms with Crippen molar-refractivity contribution in [2.24, 2.45) is 34.0 Å². The highest BCUT2D eigenvalue weighted by molar-refractivity contribution is 9.10. The Hall–Kier alpha value is -0.970.